The first-order valence-electron chi connectivity index (χ1n) is 4.19. The molecule has 0 heterocycles. The molecular weight excluding hydrogens is 145 g/mol. The minimum absolute atomic E-state index is 0.339. The molecule has 0 N–H and O–H groups in total. The van der Waals surface area contributed by atoms with Crippen molar-refractivity contribution in [3.63, 3.8) is 0 Å². The van der Waals surface area contributed by atoms with Crippen molar-refractivity contribution in [1.82, 2.24) is 0 Å². The highest BCUT2D eigenvalue weighted by molar-refractivity contribution is 5.97. The lowest BCUT2D eigenvalue weighted by atomic mass is 10.0. The van der Waals surface area contributed by atoms with Gasteiger partial charge >= 0.3 is 0 Å². The summed E-state index contributed by atoms with van der Waals surface area (Å²) in [6.07, 6.45) is 0. The molecule has 0 amide bonds. The maximum Gasteiger partial charge on any atom is 0.0651 e. The molecule has 0 aliphatic heterocycles. The van der Waals surface area contributed by atoms with Crippen molar-refractivity contribution in [3.05, 3.63) is 35.9 Å². The summed E-state index contributed by atoms with van der Waals surface area (Å²) < 4.78 is 0.476. The van der Waals surface area contributed by atoms with E-state index in [4.69, 9.17) is 7.98 Å². The molecule has 1 aromatic carbocycles. The van der Waals surface area contributed by atoms with E-state index in [1.54, 1.807) is 0 Å². The van der Waals surface area contributed by atoms with Crippen LogP contribution in [0.25, 0.3) is 0 Å². The normalized spacial score (nSPS) is 14.3. The lowest BCUT2D eigenvalue weighted by Crippen LogP contribution is -2.38. The van der Waals surface area contributed by atoms with Crippen LogP contribution in [0.1, 0.15) is 18.5 Å². The van der Waals surface area contributed by atoms with Crippen LogP contribution in [-0.4, -0.2) is 26.5 Å². The van der Waals surface area contributed by atoms with Crippen LogP contribution in [0.15, 0.2) is 30.3 Å². The van der Waals surface area contributed by atoms with E-state index < -0.39 is 0 Å². The Hall–Kier alpha value is -0.755. The molecule has 0 fully saturated rings. The summed E-state index contributed by atoms with van der Waals surface area (Å²) in [6.45, 7) is 2.13. The Balaban J connectivity index is 2.86. The molecule has 0 aliphatic rings. The Bertz CT molecular complexity index is 238. The Morgan fingerprint density at radius 3 is 2.08 bits per heavy atom. The fraction of sp³-hybridized carbons (Fsp3) is 0.400. The Morgan fingerprint density at radius 2 is 1.67 bits per heavy atom. The van der Waals surface area contributed by atoms with Crippen LogP contribution < -0.4 is 0 Å². The molecule has 2 heteroatoms. The third-order valence-corrected chi connectivity index (χ3v) is 2.28. The van der Waals surface area contributed by atoms with Crippen LogP contribution in [0.4, 0.5) is 0 Å². The lowest BCUT2D eigenvalue weighted by molar-refractivity contribution is -0.806. The number of quaternary nitrogens is 1. The summed E-state index contributed by atoms with van der Waals surface area (Å²) in [4.78, 5) is 0. The van der Waals surface area contributed by atoms with Gasteiger partial charge in [0.15, 0.2) is 0 Å². The van der Waals surface area contributed by atoms with Gasteiger partial charge in [-0.2, -0.15) is 0 Å². The Labute approximate surface area is 76.0 Å². The third-order valence-electron chi connectivity index (χ3n) is 2.28. The highest BCUT2D eigenvalue weighted by atomic mass is 15.2. The van der Waals surface area contributed by atoms with Crippen molar-refractivity contribution in [1.29, 1.82) is 0 Å². The summed E-state index contributed by atoms with van der Waals surface area (Å²) in [7, 11) is 9.94. The van der Waals surface area contributed by atoms with E-state index in [1.807, 2.05) is 32.3 Å². The number of hydrogen-bond acceptors (Lipinski definition) is 0. The molecule has 12 heavy (non-hydrogen) atoms. The van der Waals surface area contributed by atoms with Crippen LogP contribution in [0.3, 0.4) is 0 Å². The van der Waals surface area contributed by atoms with Gasteiger partial charge < -0.3 is 4.39 Å². The average Bonchev–Trinajstić information content (AvgIpc) is 2.03. The van der Waals surface area contributed by atoms with Crippen LogP contribution >= 0.6 is 0 Å². The number of hydrogen-bond donors (Lipinski definition) is 0. The molecule has 1 aromatic rings. The van der Waals surface area contributed by atoms with E-state index in [2.05, 4.69) is 19.1 Å². The van der Waals surface area contributed by atoms with Crippen molar-refractivity contribution in [3.8, 4) is 0 Å². The van der Waals surface area contributed by atoms with E-state index in [-0.39, 0.29) is 0 Å². The molecule has 0 aliphatic carbocycles. The highest BCUT2D eigenvalue weighted by Gasteiger charge is 2.10. The molecule has 0 aromatic heterocycles. The third kappa shape index (κ3) is 2.11. The van der Waals surface area contributed by atoms with E-state index >= 15 is 0 Å². The zero-order valence-electron chi connectivity index (χ0n) is 7.99. The molecule has 0 bridgehead atoms. The summed E-state index contributed by atoms with van der Waals surface area (Å²) in [6, 6.07) is 10.7. The van der Waals surface area contributed by atoms with Gasteiger partial charge in [0.25, 0.3) is 0 Å². The van der Waals surface area contributed by atoms with Crippen LogP contribution in [0.5, 0.6) is 0 Å². The van der Waals surface area contributed by atoms with Gasteiger partial charge in [0.05, 0.1) is 6.04 Å². The molecule has 0 saturated heterocycles. The molecule has 1 unspecified atom stereocenters. The van der Waals surface area contributed by atoms with E-state index in [9.17, 15) is 0 Å². The summed E-state index contributed by atoms with van der Waals surface area (Å²) >= 11 is 0. The first-order valence-corrected chi connectivity index (χ1v) is 4.19. The largest absolute Gasteiger partial charge is 0.587 e. The van der Waals surface area contributed by atoms with E-state index in [0.29, 0.717) is 10.4 Å². The van der Waals surface area contributed by atoms with E-state index in [0.717, 1.165) is 0 Å². The van der Waals surface area contributed by atoms with Crippen LogP contribution in [0, 0.1) is 0 Å². The monoisotopic (exact) mass is 160 g/mol. The van der Waals surface area contributed by atoms with Gasteiger partial charge in [-0.05, 0) is 6.92 Å². The fourth-order valence-electron chi connectivity index (χ4n) is 1.12. The first kappa shape index (κ1) is 9.33. The lowest BCUT2D eigenvalue weighted by Gasteiger charge is -2.47. The summed E-state index contributed by atoms with van der Waals surface area (Å²) in [5.41, 5.74) is 1.28. The van der Waals surface area contributed by atoms with Crippen LogP contribution in [-0.2, 0) is 0 Å². The van der Waals surface area contributed by atoms with Gasteiger partial charge in [-0.25, -0.2) is 7.98 Å². The summed E-state index contributed by atoms with van der Waals surface area (Å²) in [5, 5.41) is 0. The second-order valence-electron chi connectivity index (χ2n) is 3.72. The molecule has 63 valence electrons. The van der Waals surface area contributed by atoms with Gasteiger partial charge in [-0.3, -0.25) is 0 Å². The predicted molar refractivity (Wildman–Crippen MR) is 52.7 cm³/mol. The molecule has 0 spiro atoms. The minimum Gasteiger partial charge on any atom is -0.587 e. The maximum absolute atomic E-state index is 5.95. The Morgan fingerprint density at radius 1 is 1.17 bits per heavy atom. The first-order chi connectivity index (χ1) is 5.52. The molecule has 1 nitrogen and oxygen atoms in total. The fourth-order valence-corrected chi connectivity index (χ4v) is 1.12. The quantitative estimate of drug-likeness (QED) is 0.579. The van der Waals surface area contributed by atoms with Crippen molar-refractivity contribution in [2.45, 2.75) is 13.0 Å². The smallest absolute Gasteiger partial charge is 0.0651 e. The molecular formula is C10H15BN. The van der Waals surface area contributed by atoms with Crippen molar-refractivity contribution < 1.29 is 4.39 Å². The molecule has 3 radical (unpaired) electrons. The number of benzene rings is 1. The van der Waals surface area contributed by atoms with Gasteiger partial charge in [-0.1, -0.05) is 30.3 Å². The Kier molecular flexibility index (Phi) is 2.58. The van der Waals surface area contributed by atoms with Gasteiger partial charge in [0.2, 0.25) is 0 Å². The molecule has 0 saturated carbocycles. The highest BCUT2D eigenvalue weighted by Crippen LogP contribution is 2.20. The zero-order valence-corrected chi connectivity index (χ0v) is 7.99. The molecule has 1 rings (SSSR count). The zero-order chi connectivity index (χ0) is 9.19. The maximum atomic E-state index is 5.95. The molecule has 1 atom stereocenters. The second-order valence-corrected chi connectivity index (χ2v) is 3.72. The van der Waals surface area contributed by atoms with Crippen molar-refractivity contribution >= 4 is 7.98 Å². The van der Waals surface area contributed by atoms with E-state index in [1.165, 1.54) is 5.56 Å². The van der Waals surface area contributed by atoms with Crippen LogP contribution in [0.2, 0.25) is 0 Å². The topological polar surface area (TPSA) is 0 Å². The van der Waals surface area contributed by atoms with Crippen molar-refractivity contribution in [2.75, 3.05) is 14.1 Å². The minimum atomic E-state index is 0.339. The average molecular weight is 160 g/mol. The van der Waals surface area contributed by atoms with Gasteiger partial charge in [0.1, 0.15) is 0 Å². The SMILES string of the molecule is [B-][N+](C)(C)C(C)c1ccccc1. The predicted octanol–water partition coefficient (Wildman–Crippen LogP) is 1.91. The van der Waals surface area contributed by atoms with Gasteiger partial charge in [0, 0.05) is 19.7 Å². The second kappa shape index (κ2) is 3.32. The summed E-state index contributed by atoms with van der Waals surface area (Å²) in [5.74, 6) is 0. The number of rotatable bonds is 2. The standard InChI is InChI=1S/C10H15BN/c1-9(12(2,3)11)10-7-5-4-6-8-10/h4-9H,1-3H3. The van der Waals surface area contributed by atoms with Crippen molar-refractivity contribution in [2.24, 2.45) is 0 Å². The number of nitrogens with zero attached hydrogens (tertiary/aromatic N) is 1. The van der Waals surface area contributed by atoms with Gasteiger partial charge in [-0.15, -0.1) is 0 Å².